The number of ether oxygens (including phenoxy) is 2. The van der Waals surface area contributed by atoms with E-state index in [0.717, 1.165) is 11.4 Å². The first-order valence-corrected chi connectivity index (χ1v) is 6.74. The van der Waals surface area contributed by atoms with Gasteiger partial charge in [-0.1, -0.05) is 18.3 Å². The Labute approximate surface area is 125 Å². The molecule has 0 saturated heterocycles. The van der Waals surface area contributed by atoms with Gasteiger partial charge in [-0.25, -0.2) is 0 Å². The van der Waals surface area contributed by atoms with E-state index in [-0.39, 0.29) is 12.4 Å². The summed E-state index contributed by atoms with van der Waals surface area (Å²) >= 11 is 5.32. The lowest BCUT2D eigenvalue weighted by atomic mass is 10.2. The van der Waals surface area contributed by atoms with Gasteiger partial charge >= 0.3 is 5.97 Å². The van der Waals surface area contributed by atoms with Gasteiger partial charge in [-0.2, -0.15) is 0 Å². The summed E-state index contributed by atoms with van der Waals surface area (Å²) in [7, 11) is 1.61. The van der Waals surface area contributed by atoms with Crippen molar-refractivity contribution >= 4 is 28.9 Å². The van der Waals surface area contributed by atoms with Crippen LogP contribution in [0.4, 0.5) is 5.69 Å². The van der Waals surface area contributed by atoms with Crippen LogP contribution in [-0.2, 0) is 9.53 Å². The lowest BCUT2D eigenvalue weighted by Gasteiger charge is -2.23. The third kappa shape index (κ3) is 4.66. The van der Waals surface area contributed by atoms with E-state index in [1.807, 2.05) is 29.2 Å². The van der Waals surface area contributed by atoms with Gasteiger partial charge in [0.15, 0.2) is 0 Å². The Morgan fingerprint density at radius 1 is 1.40 bits per heavy atom. The van der Waals surface area contributed by atoms with E-state index in [2.05, 4.69) is 6.58 Å². The zero-order valence-electron chi connectivity index (χ0n) is 11.8. The number of thiocarbonyl (C=S) groups is 1. The Kier molecular flexibility index (Phi) is 6.73. The number of benzene rings is 1. The van der Waals surface area contributed by atoms with E-state index >= 15 is 0 Å². The van der Waals surface area contributed by atoms with Gasteiger partial charge in [0.1, 0.15) is 5.75 Å². The van der Waals surface area contributed by atoms with Crippen molar-refractivity contribution in [3.63, 3.8) is 0 Å². The third-order valence-corrected chi connectivity index (χ3v) is 2.96. The van der Waals surface area contributed by atoms with Crippen molar-refractivity contribution in [2.24, 2.45) is 0 Å². The van der Waals surface area contributed by atoms with Gasteiger partial charge < -0.3 is 14.4 Å². The molecule has 0 fully saturated rings. The van der Waals surface area contributed by atoms with Crippen LogP contribution in [0.15, 0.2) is 36.9 Å². The second-order valence-electron chi connectivity index (χ2n) is 3.97. The molecule has 0 radical (unpaired) electrons. The quantitative estimate of drug-likeness (QED) is 0.439. The number of carbonyl (C=O) groups is 1. The molecule has 0 aliphatic rings. The summed E-state index contributed by atoms with van der Waals surface area (Å²) in [5, 5.41) is 0. The van der Waals surface area contributed by atoms with Gasteiger partial charge in [0.25, 0.3) is 0 Å². The van der Waals surface area contributed by atoms with Crippen LogP contribution in [0.1, 0.15) is 13.3 Å². The van der Waals surface area contributed by atoms with Gasteiger partial charge in [-0.05, 0) is 31.2 Å². The van der Waals surface area contributed by atoms with Crippen LogP contribution >= 0.6 is 12.2 Å². The molecule has 0 spiro atoms. The third-order valence-electron chi connectivity index (χ3n) is 2.60. The predicted molar refractivity (Wildman–Crippen MR) is 84.4 cm³/mol. The first-order chi connectivity index (χ1) is 9.62. The van der Waals surface area contributed by atoms with E-state index in [4.69, 9.17) is 21.7 Å². The maximum absolute atomic E-state index is 11.5. The average Bonchev–Trinajstić information content (AvgIpc) is 2.45. The van der Waals surface area contributed by atoms with Crippen LogP contribution in [0.25, 0.3) is 0 Å². The molecule has 4 nitrogen and oxygen atoms in total. The van der Waals surface area contributed by atoms with Crippen LogP contribution < -0.4 is 9.64 Å². The van der Waals surface area contributed by atoms with Gasteiger partial charge in [-0.15, -0.1) is 6.58 Å². The number of nitrogens with zero attached hydrogens (tertiary/aromatic N) is 1. The van der Waals surface area contributed by atoms with Crippen molar-refractivity contribution in [2.75, 3.05) is 25.2 Å². The molecular weight excluding hydrogens is 274 g/mol. The molecule has 1 rings (SSSR count). The van der Waals surface area contributed by atoms with Gasteiger partial charge in [0.2, 0.25) is 0 Å². The average molecular weight is 293 g/mol. The van der Waals surface area contributed by atoms with Crippen LogP contribution in [0.3, 0.4) is 0 Å². The molecule has 1 aromatic carbocycles. The molecule has 0 saturated carbocycles. The molecule has 0 aromatic heterocycles. The molecule has 0 amide bonds. The van der Waals surface area contributed by atoms with Crippen molar-refractivity contribution in [2.45, 2.75) is 13.3 Å². The van der Waals surface area contributed by atoms with E-state index in [1.54, 1.807) is 20.1 Å². The summed E-state index contributed by atoms with van der Waals surface area (Å²) < 4.78 is 10.0. The molecule has 0 aliphatic carbocycles. The molecule has 20 heavy (non-hydrogen) atoms. The van der Waals surface area contributed by atoms with E-state index in [0.29, 0.717) is 18.1 Å². The number of hydrogen-bond donors (Lipinski definition) is 0. The standard InChI is InChI=1S/C15H19NO3S/c1-4-10-16(14(20)11-15(17)19-5-2)12-6-8-13(18-3)9-7-12/h4,6-9H,1,5,10-11H2,2-3H3. The van der Waals surface area contributed by atoms with Crippen LogP contribution in [0.5, 0.6) is 5.75 Å². The van der Waals surface area contributed by atoms with Crippen LogP contribution in [-0.4, -0.2) is 31.2 Å². The van der Waals surface area contributed by atoms with Gasteiger partial charge in [0, 0.05) is 12.2 Å². The molecule has 0 aliphatic heterocycles. The van der Waals surface area contributed by atoms with Crippen LogP contribution in [0.2, 0.25) is 0 Å². The monoisotopic (exact) mass is 293 g/mol. The Morgan fingerprint density at radius 2 is 2.05 bits per heavy atom. The zero-order valence-corrected chi connectivity index (χ0v) is 12.6. The van der Waals surface area contributed by atoms with Crippen molar-refractivity contribution in [3.05, 3.63) is 36.9 Å². The fraction of sp³-hybridized carbons (Fsp3) is 0.333. The van der Waals surface area contributed by atoms with E-state index in [9.17, 15) is 4.79 Å². The van der Waals surface area contributed by atoms with Gasteiger partial charge in [-0.3, -0.25) is 4.79 Å². The molecule has 108 valence electrons. The highest BCUT2D eigenvalue weighted by atomic mass is 32.1. The summed E-state index contributed by atoms with van der Waals surface area (Å²) in [4.78, 5) is 13.9. The largest absolute Gasteiger partial charge is 0.497 e. The first-order valence-electron chi connectivity index (χ1n) is 6.33. The second-order valence-corrected chi connectivity index (χ2v) is 4.44. The highest BCUT2D eigenvalue weighted by Gasteiger charge is 2.15. The minimum Gasteiger partial charge on any atom is -0.497 e. The maximum atomic E-state index is 11.5. The summed E-state index contributed by atoms with van der Waals surface area (Å²) in [5.74, 6) is 0.448. The van der Waals surface area contributed by atoms with Crippen molar-refractivity contribution < 1.29 is 14.3 Å². The summed E-state index contributed by atoms with van der Waals surface area (Å²) in [6, 6.07) is 7.47. The van der Waals surface area contributed by atoms with E-state index < -0.39 is 0 Å². The fourth-order valence-corrected chi connectivity index (χ4v) is 1.97. The Hall–Kier alpha value is -1.88. The van der Waals surface area contributed by atoms with Crippen molar-refractivity contribution in [3.8, 4) is 5.75 Å². The zero-order chi connectivity index (χ0) is 15.0. The normalized spacial score (nSPS) is 9.70. The molecule has 5 heteroatoms. The van der Waals surface area contributed by atoms with Gasteiger partial charge in [0.05, 0.1) is 25.1 Å². The number of esters is 1. The minimum absolute atomic E-state index is 0.0864. The molecular formula is C15H19NO3S. The highest BCUT2D eigenvalue weighted by molar-refractivity contribution is 7.80. The summed E-state index contributed by atoms with van der Waals surface area (Å²) in [5.41, 5.74) is 0.889. The van der Waals surface area contributed by atoms with Crippen molar-refractivity contribution in [1.29, 1.82) is 0 Å². The number of carbonyl (C=O) groups excluding carboxylic acids is 1. The summed E-state index contributed by atoms with van der Waals surface area (Å²) in [6.07, 6.45) is 1.82. The lowest BCUT2D eigenvalue weighted by Crippen LogP contribution is -2.31. The Morgan fingerprint density at radius 3 is 2.55 bits per heavy atom. The number of methoxy groups -OCH3 is 1. The lowest BCUT2D eigenvalue weighted by molar-refractivity contribution is -0.141. The summed E-state index contributed by atoms with van der Waals surface area (Å²) in [6.45, 7) is 6.37. The second kappa shape index (κ2) is 8.32. The van der Waals surface area contributed by atoms with Crippen molar-refractivity contribution in [1.82, 2.24) is 0 Å². The highest BCUT2D eigenvalue weighted by Crippen LogP contribution is 2.20. The van der Waals surface area contributed by atoms with Crippen LogP contribution in [0, 0.1) is 0 Å². The SMILES string of the molecule is C=CCN(C(=S)CC(=O)OCC)c1ccc(OC)cc1. The molecule has 1 aromatic rings. The Balaban J connectivity index is 2.83. The first kappa shape index (κ1) is 16.2. The predicted octanol–water partition coefficient (Wildman–Crippen LogP) is 2.97. The fourth-order valence-electron chi connectivity index (χ4n) is 1.67. The molecule has 0 atom stereocenters. The molecule has 0 bridgehead atoms. The smallest absolute Gasteiger partial charge is 0.312 e. The molecule has 0 heterocycles. The molecule has 0 unspecified atom stereocenters. The topological polar surface area (TPSA) is 38.8 Å². The van der Waals surface area contributed by atoms with E-state index in [1.165, 1.54) is 0 Å². The maximum Gasteiger partial charge on any atom is 0.312 e. The number of anilines is 1. The number of hydrogen-bond acceptors (Lipinski definition) is 4. The minimum atomic E-state index is -0.319. The Bertz CT molecular complexity index is 471. The molecule has 0 N–H and O–H groups in total. The number of rotatable bonds is 7.